The number of halogens is 1. The van der Waals surface area contributed by atoms with Crippen LogP contribution < -0.4 is 25.0 Å². The number of nitrogens with zero attached hydrogens (tertiary/aromatic N) is 2. The number of anilines is 1. The van der Waals surface area contributed by atoms with Crippen LogP contribution in [0, 0.1) is 5.82 Å². The normalized spacial score (nSPS) is 14.0. The molecule has 0 radical (unpaired) electrons. The van der Waals surface area contributed by atoms with Gasteiger partial charge in [0.05, 0.1) is 14.2 Å². The summed E-state index contributed by atoms with van der Waals surface area (Å²) in [5.41, 5.74) is 1.75. The van der Waals surface area contributed by atoms with E-state index >= 15 is 0 Å². The lowest BCUT2D eigenvalue weighted by Gasteiger charge is -2.36. The molecule has 1 aliphatic rings. The fourth-order valence-electron chi connectivity index (χ4n) is 3.54. The third-order valence-corrected chi connectivity index (χ3v) is 5.42. The number of hydrogen-bond donors (Lipinski definition) is 2. The first-order valence-electron chi connectivity index (χ1n) is 10.5. The zero-order valence-electron chi connectivity index (χ0n) is 18.4. The van der Waals surface area contributed by atoms with E-state index in [2.05, 4.69) is 20.4 Å². The maximum absolute atomic E-state index is 13.1. The maximum atomic E-state index is 13.1. The summed E-state index contributed by atoms with van der Waals surface area (Å²) in [6, 6.07) is 11.8. The molecule has 1 saturated heterocycles. The molecule has 2 aromatic rings. The summed E-state index contributed by atoms with van der Waals surface area (Å²) in [7, 11) is 3.10. The first-order chi connectivity index (χ1) is 15.5. The quantitative estimate of drug-likeness (QED) is 0.599. The van der Waals surface area contributed by atoms with Crippen LogP contribution in [0.2, 0.25) is 0 Å². The minimum Gasteiger partial charge on any atom is -0.497 e. The second kappa shape index (κ2) is 11.3. The fraction of sp³-hybridized carbons (Fsp3) is 0.391. The molecule has 0 spiro atoms. The molecule has 0 atom stereocenters. The molecule has 2 amide bonds. The Bertz CT molecular complexity index is 915. The van der Waals surface area contributed by atoms with Gasteiger partial charge < -0.3 is 25.0 Å². The van der Waals surface area contributed by atoms with Gasteiger partial charge in [0.25, 0.3) is 0 Å². The Morgan fingerprint density at radius 3 is 2.28 bits per heavy atom. The second-order valence-electron chi connectivity index (χ2n) is 7.42. The Hall–Kier alpha value is -3.33. The van der Waals surface area contributed by atoms with E-state index in [4.69, 9.17) is 9.47 Å². The second-order valence-corrected chi connectivity index (χ2v) is 7.42. The highest BCUT2D eigenvalue weighted by Gasteiger charge is 2.18. The number of piperazine rings is 1. The SMILES string of the molecule is COc1ccc(CNC(=O)C(=O)NCCN2CCN(c3ccc(F)cc3)CC2)c(OC)c1. The predicted octanol–water partition coefficient (Wildman–Crippen LogP) is 1.40. The Balaban J connectivity index is 1.36. The van der Waals surface area contributed by atoms with Gasteiger partial charge in [-0.05, 0) is 36.4 Å². The number of hydrogen-bond acceptors (Lipinski definition) is 6. The van der Waals surface area contributed by atoms with E-state index < -0.39 is 11.8 Å². The summed E-state index contributed by atoms with van der Waals surface area (Å²) < 4.78 is 23.5. The fourth-order valence-corrected chi connectivity index (χ4v) is 3.54. The van der Waals surface area contributed by atoms with Crippen LogP contribution in [-0.4, -0.2) is 70.2 Å². The molecule has 1 fully saturated rings. The van der Waals surface area contributed by atoms with Crippen molar-refractivity contribution in [3.8, 4) is 11.5 Å². The molecule has 1 aliphatic heterocycles. The number of rotatable bonds is 8. The van der Waals surface area contributed by atoms with Crippen molar-refractivity contribution in [2.45, 2.75) is 6.54 Å². The molecule has 0 aromatic heterocycles. The summed E-state index contributed by atoms with van der Waals surface area (Å²) in [5, 5.41) is 5.27. The van der Waals surface area contributed by atoms with Gasteiger partial charge in [0.1, 0.15) is 17.3 Å². The minimum absolute atomic E-state index is 0.171. The number of methoxy groups -OCH3 is 2. The molecule has 172 valence electrons. The summed E-state index contributed by atoms with van der Waals surface area (Å²) in [6.45, 7) is 4.52. The van der Waals surface area contributed by atoms with Gasteiger partial charge in [-0.1, -0.05) is 0 Å². The Morgan fingerprint density at radius 1 is 0.938 bits per heavy atom. The smallest absolute Gasteiger partial charge is 0.309 e. The Kier molecular flexibility index (Phi) is 8.27. The number of amides is 2. The molecule has 0 bridgehead atoms. The minimum atomic E-state index is -0.691. The van der Waals surface area contributed by atoms with Crippen molar-refractivity contribution in [3.63, 3.8) is 0 Å². The number of nitrogens with one attached hydrogen (secondary N) is 2. The lowest BCUT2D eigenvalue weighted by molar-refractivity contribution is -0.139. The monoisotopic (exact) mass is 444 g/mol. The summed E-state index contributed by atoms with van der Waals surface area (Å²) in [5.74, 6) is -0.375. The van der Waals surface area contributed by atoms with Crippen molar-refractivity contribution in [2.24, 2.45) is 0 Å². The lowest BCUT2D eigenvalue weighted by Crippen LogP contribution is -2.49. The van der Waals surface area contributed by atoms with Crippen molar-refractivity contribution >= 4 is 17.5 Å². The van der Waals surface area contributed by atoms with Gasteiger partial charge in [0.15, 0.2) is 0 Å². The van der Waals surface area contributed by atoms with Crippen molar-refractivity contribution in [1.29, 1.82) is 0 Å². The molecule has 32 heavy (non-hydrogen) atoms. The van der Waals surface area contributed by atoms with E-state index in [0.29, 0.717) is 24.6 Å². The first-order valence-corrected chi connectivity index (χ1v) is 10.5. The van der Waals surface area contributed by atoms with E-state index in [1.807, 2.05) is 0 Å². The number of carbonyl (C=O) groups excluding carboxylic acids is 2. The van der Waals surface area contributed by atoms with Gasteiger partial charge in [-0.2, -0.15) is 0 Å². The van der Waals surface area contributed by atoms with Crippen molar-refractivity contribution in [3.05, 3.63) is 53.8 Å². The molecular weight excluding hydrogens is 415 g/mol. The van der Waals surface area contributed by atoms with Crippen LogP contribution in [0.25, 0.3) is 0 Å². The van der Waals surface area contributed by atoms with Crippen LogP contribution in [0.3, 0.4) is 0 Å². The summed E-state index contributed by atoms with van der Waals surface area (Å²) in [4.78, 5) is 28.6. The average Bonchev–Trinajstić information content (AvgIpc) is 2.83. The molecule has 3 rings (SSSR count). The van der Waals surface area contributed by atoms with E-state index in [0.717, 1.165) is 37.4 Å². The molecule has 0 aliphatic carbocycles. The largest absolute Gasteiger partial charge is 0.497 e. The highest BCUT2D eigenvalue weighted by atomic mass is 19.1. The van der Waals surface area contributed by atoms with E-state index in [-0.39, 0.29) is 12.4 Å². The van der Waals surface area contributed by atoms with Gasteiger partial charge in [-0.15, -0.1) is 0 Å². The zero-order valence-corrected chi connectivity index (χ0v) is 18.4. The highest BCUT2D eigenvalue weighted by Crippen LogP contribution is 2.24. The van der Waals surface area contributed by atoms with Crippen molar-refractivity contribution < 1.29 is 23.5 Å². The van der Waals surface area contributed by atoms with Crippen LogP contribution in [-0.2, 0) is 16.1 Å². The van der Waals surface area contributed by atoms with Gasteiger partial charge in [-0.25, -0.2) is 4.39 Å². The Labute approximate surface area is 187 Å². The van der Waals surface area contributed by atoms with Crippen LogP contribution in [0.15, 0.2) is 42.5 Å². The summed E-state index contributed by atoms with van der Waals surface area (Å²) in [6.07, 6.45) is 0. The van der Waals surface area contributed by atoms with Crippen LogP contribution in [0.5, 0.6) is 11.5 Å². The maximum Gasteiger partial charge on any atom is 0.309 e. The van der Waals surface area contributed by atoms with Gasteiger partial charge in [-0.3, -0.25) is 14.5 Å². The predicted molar refractivity (Wildman–Crippen MR) is 119 cm³/mol. The average molecular weight is 445 g/mol. The first kappa shape index (κ1) is 23.3. The van der Waals surface area contributed by atoms with E-state index in [1.54, 1.807) is 37.4 Å². The van der Waals surface area contributed by atoms with Crippen molar-refractivity contribution in [1.82, 2.24) is 15.5 Å². The third kappa shape index (κ3) is 6.34. The molecule has 2 N–H and O–H groups in total. The standard InChI is InChI=1S/C23H29FN4O4/c1-31-20-8-3-17(21(15-20)32-2)16-26-23(30)22(29)25-9-10-27-11-13-28(14-12-27)19-6-4-18(24)5-7-19/h3-8,15H,9-14,16H2,1-2H3,(H,25,29)(H,26,30). The zero-order chi connectivity index (χ0) is 22.9. The topological polar surface area (TPSA) is 83.1 Å². The van der Waals surface area contributed by atoms with E-state index in [9.17, 15) is 14.0 Å². The van der Waals surface area contributed by atoms with Crippen molar-refractivity contribution in [2.75, 3.05) is 58.4 Å². The summed E-state index contributed by atoms with van der Waals surface area (Å²) >= 11 is 0. The Morgan fingerprint density at radius 2 is 1.62 bits per heavy atom. The number of benzene rings is 2. The molecular formula is C23H29FN4O4. The third-order valence-electron chi connectivity index (χ3n) is 5.42. The van der Waals surface area contributed by atoms with Gasteiger partial charge in [0.2, 0.25) is 0 Å². The van der Waals surface area contributed by atoms with Gasteiger partial charge >= 0.3 is 11.8 Å². The van der Waals surface area contributed by atoms with Crippen LogP contribution >= 0.6 is 0 Å². The van der Waals surface area contributed by atoms with Gasteiger partial charge in [0, 0.05) is 63.1 Å². The molecule has 9 heteroatoms. The molecule has 0 saturated carbocycles. The number of carbonyl (C=O) groups is 2. The number of ether oxygens (including phenoxy) is 2. The van der Waals surface area contributed by atoms with Crippen LogP contribution in [0.4, 0.5) is 10.1 Å². The molecule has 2 aromatic carbocycles. The van der Waals surface area contributed by atoms with E-state index in [1.165, 1.54) is 19.2 Å². The lowest BCUT2D eigenvalue weighted by atomic mass is 10.2. The molecule has 1 heterocycles. The van der Waals surface area contributed by atoms with Crippen LogP contribution in [0.1, 0.15) is 5.56 Å². The highest BCUT2D eigenvalue weighted by molar-refractivity contribution is 6.35. The molecule has 0 unspecified atom stereocenters. The molecule has 8 nitrogen and oxygen atoms in total.